The number of carbonyl (C=O) groups is 1. The van der Waals surface area contributed by atoms with Gasteiger partial charge < -0.3 is 15.0 Å². The fourth-order valence-electron chi connectivity index (χ4n) is 2.94. The minimum absolute atomic E-state index is 0.169. The van der Waals surface area contributed by atoms with Crippen molar-refractivity contribution in [1.29, 1.82) is 0 Å². The van der Waals surface area contributed by atoms with Gasteiger partial charge in [0.1, 0.15) is 6.10 Å². The van der Waals surface area contributed by atoms with Crippen LogP contribution in [0.25, 0.3) is 0 Å². The molecule has 2 saturated heterocycles. The standard InChI is InChI=1S/C17H23N3O2S2/c1-13(23)18-11-16-12-20(17(21)22-16)15-5-3-14(4-6-15)19-7-2-9-24-10-8-19/h3-6,16H,2,7-12H2,1H3,(H,18,23)/t16-/m0/s1. The second-order valence-electron chi connectivity index (χ2n) is 6.02. The van der Waals surface area contributed by atoms with Gasteiger partial charge in [-0.1, -0.05) is 12.2 Å². The average Bonchev–Trinajstić information content (AvgIpc) is 2.77. The van der Waals surface area contributed by atoms with Crippen LogP contribution in [0.2, 0.25) is 0 Å². The molecule has 2 aliphatic rings. The lowest BCUT2D eigenvalue weighted by Crippen LogP contribution is -2.32. The number of anilines is 2. The van der Waals surface area contributed by atoms with Gasteiger partial charge in [0.15, 0.2) is 0 Å². The van der Waals surface area contributed by atoms with Crippen LogP contribution in [0.15, 0.2) is 24.3 Å². The predicted octanol–water partition coefficient (Wildman–Crippen LogP) is 2.89. The molecular formula is C17H23N3O2S2. The minimum Gasteiger partial charge on any atom is -0.442 e. The Hall–Kier alpha value is -1.47. The Bertz CT molecular complexity index is 586. The number of nitrogens with zero attached hydrogens (tertiary/aromatic N) is 2. The highest BCUT2D eigenvalue weighted by molar-refractivity contribution is 7.99. The van der Waals surface area contributed by atoms with Gasteiger partial charge in [0.05, 0.1) is 18.1 Å². The Morgan fingerprint density at radius 2 is 2.04 bits per heavy atom. The SMILES string of the molecule is CC(=S)NC[C@H]1CN(c2ccc(N3CCCSCC3)cc2)C(=O)O1. The fraction of sp³-hybridized carbons (Fsp3) is 0.529. The number of thiocarbonyl (C=S) groups is 1. The minimum atomic E-state index is -0.289. The molecule has 0 aromatic heterocycles. The van der Waals surface area contributed by atoms with Gasteiger partial charge >= 0.3 is 6.09 Å². The second kappa shape index (κ2) is 8.07. The number of cyclic esters (lactones) is 1. The largest absolute Gasteiger partial charge is 0.442 e. The third-order valence-electron chi connectivity index (χ3n) is 4.20. The summed E-state index contributed by atoms with van der Waals surface area (Å²) in [7, 11) is 0. The zero-order valence-electron chi connectivity index (χ0n) is 13.9. The van der Waals surface area contributed by atoms with Crippen LogP contribution in [-0.4, -0.2) is 54.9 Å². The Labute approximate surface area is 152 Å². The molecule has 1 aromatic rings. The van der Waals surface area contributed by atoms with Crippen molar-refractivity contribution < 1.29 is 9.53 Å². The van der Waals surface area contributed by atoms with Crippen molar-refractivity contribution in [3.05, 3.63) is 24.3 Å². The van der Waals surface area contributed by atoms with Gasteiger partial charge in [0.2, 0.25) is 0 Å². The van der Waals surface area contributed by atoms with E-state index >= 15 is 0 Å². The molecule has 3 rings (SSSR count). The summed E-state index contributed by atoms with van der Waals surface area (Å²) in [5.74, 6) is 2.42. The maximum atomic E-state index is 12.1. The van der Waals surface area contributed by atoms with Crippen LogP contribution >= 0.6 is 24.0 Å². The summed E-state index contributed by atoms with van der Waals surface area (Å²) >= 11 is 7.02. The van der Waals surface area contributed by atoms with Gasteiger partial charge in [-0.25, -0.2) is 4.79 Å². The Kier molecular flexibility index (Phi) is 5.84. The molecule has 130 valence electrons. The van der Waals surface area contributed by atoms with E-state index in [9.17, 15) is 4.79 Å². The van der Waals surface area contributed by atoms with Crippen LogP contribution in [-0.2, 0) is 4.74 Å². The third-order valence-corrected chi connectivity index (χ3v) is 5.39. The Morgan fingerprint density at radius 3 is 2.79 bits per heavy atom. The molecule has 0 unspecified atom stereocenters. The molecule has 1 atom stereocenters. The van der Waals surface area contributed by atoms with E-state index in [1.165, 1.54) is 23.6 Å². The molecule has 0 bridgehead atoms. The van der Waals surface area contributed by atoms with Gasteiger partial charge in [-0.15, -0.1) is 0 Å². The molecule has 0 spiro atoms. The summed E-state index contributed by atoms with van der Waals surface area (Å²) in [5.41, 5.74) is 2.11. The first-order chi connectivity index (χ1) is 11.6. The summed E-state index contributed by atoms with van der Waals surface area (Å²) in [5, 5.41) is 3.06. The molecule has 0 aliphatic carbocycles. The summed E-state index contributed by atoms with van der Waals surface area (Å²) in [6.45, 7) is 5.11. The molecule has 24 heavy (non-hydrogen) atoms. The number of rotatable bonds is 4. The number of thioether (sulfide) groups is 1. The molecule has 5 nitrogen and oxygen atoms in total. The van der Waals surface area contributed by atoms with Gasteiger partial charge in [-0.05, 0) is 43.4 Å². The van der Waals surface area contributed by atoms with E-state index in [-0.39, 0.29) is 12.2 Å². The van der Waals surface area contributed by atoms with Crippen molar-refractivity contribution in [1.82, 2.24) is 5.32 Å². The lowest BCUT2D eigenvalue weighted by molar-refractivity contribution is 0.143. The second-order valence-corrected chi connectivity index (χ2v) is 7.86. The Balaban J connectivity index is 1.62. The van der Waals surface area contributed by atoms with E-state index in [0.717, 1.165) is 18.8 Å². The smallest absolute Gasteiger partial charge is 0.414 e. The topological polar surface area (TPSA) is 44.8 Å². The van der Waals surface area contributed by atoms with Crippen molar-refractivity contribution in [3.63, 3.8) is 0 Å². The maximum Gasteiger partial charge on any atom is 0.414 e. The number of amides is 1. The molecule has 1 amide bonds. The molecule has 7 heteroatoms. The number of hydrogen-bond acceptors (Lipinski definition) is 5. The zero-order valence-corrected chi connectivity index (χ0v) is 15.5. The summed E-state index contributed by atoms with van der Waals surface area (Å²) in [6.07, 6.45) is 0.763. The van der Waals surface area contributed by atoms with Crippen molar-refractivity contribution in [3.8, 4) is 0 Å². The zero-order chi connectivity index (χ0) is 16.9. The molecule has 1 aromatic carbocycles. The molecule has 2 fully saturated rings. The fourth-order valence-corrected chi connectivity index (χ4v) is 3.91. The third kappa shape index (κ3) is 4.33. The number of hydrogen-bond donors (Lipinski definition) is 1. The van der Waals surface area contributed by atoms with Crippen LogP contribution in [0.1, 0.15) is 13.3 Å². The van der Waals surface area contributed by atoms with E-state index < -0.39 is 0 Å². The first-order valence-electron chi connectivity index (χ1n) is 8.29. The van der Waals surface area contributed by atoms with Crippen molar-refractivity contribution in [2.45, 2.75) is 19.4 Å². The number of ether oxygens (including phenoxy) is 1. The molecule has 0 radical (unpaired) electrons. The van der Waals surface area contributed by atoms with E-state index in [0.29, 0.717) is 18.1 Å². The van der Waals surface area contributed by atoms with E-state index in [1.54, 1.807) is 4.90 Å². The van der Waals surface area contributed by atoms with E-state index in [2.05, 4.69) is 22.3 Å². The number of carbonyl (C=O) groups excluding carboxylic acids is 1. The first kappa shape index (κ1) is 17.4. The summed E-state index contributed by atoms with van der Waals surface area (Å²) < 4.78 is 5.39. The van der Waals surface area contributed by atoms with Crippen molar-refractivity contribution in [2.24, 2.45) is 0 Å². The van der Waals surface area contributed by atoms with Crippen LogP contribution in [0.3, 0.4) is 0 Å². The lowest BCUT2D eigenvalue weighted by Gasteiger charge is -2.23. The van der Waals surface area contributed by atoms with E-state index in [1.807, 2.05) is 30.8 Å². The highest BCUT2D eigenvalue weighted by Gasteiger charge is 2.32. The van der Waals surface area contributed by atoms with Crippen LogP contribution in [0.5, 0.6) is 0 Å². The van der Waals surface area contributed by atoms with Crippen molar-refractivity contribution >= 4 is 46.4 Å². The van der Waals surface area contributed by atoms with Gasteiger partial charge in [-0.2, -0.15) is 11.8 Å². The van der Waals surface area contributed by atoms with Crippen LogP contribution < -0.4 is 15.1 Å². The summed E-state index contributed by atoms with van der Waals surface area (Å²) in [6, 6.07) is 8.22. The average molecular weight is 366 g/mol. The molecule has 2 aliphatic heterocycles. The maximum absolute atomic E-state index is 12.1. The normalized spacial score (nSPS) is 21.4. The van der Waals surface area contributed by atoms with E-state index in [4.69, 9.17) is 17.0 Å². The monoisotopic (exact) mass is 365 g/mol. The quantitative estimate of drug-likeness (QED) is 0.828. The summed E-state index contributed by atoms with van der Waals surface area (Å²) in [4.78, 5) is 16.9. The molecule has 2 heterocycles. The molecule has 1 N–H and O–H groups in total. The highest BCUT2D eigenvalue weighted by Crippen LogP contribution is 2.26. The Morgan fingerprint density at radius 1 is 1.29 bits per heavy atom. The van der Waals surface area contributed by atoms with Crippen LogP contribution in [0.4, 0.5) is 16.2 Å². The lowest BCUT2D eigenvalue weighted by atomic mass is 10.2. The van der Waals surface area contributed by atoms with Gasteiger partial charge in [-0.3, -0.25) is 4.90 Å². The van der Waals surface area contributed by atoms with Gasteiger partial charge in [0.25, 0.3) is 0 Å². The van der Waals surface area contributed by atoms with Crippen LogP contribution in [0, 0.1) is 0 Å². The highest BCUT2D eigenvalue weighted by atomic mass is 32.2. The first-order valence-corrected chi connectivity index (χ1v) is 9.85. The molecular weight excluding hydrogens is 342 g/mol. The van der Waals surface area contributed by atoms with Gasteiger partial charge in [0, 0.05) is 30.2 Å². The van der Waals surface area contributed by atoms with Crippen molar-refractivity contribution in [2.75, 3.05) is 47.5 Å². The predicted molar refractivity (Wildman–Crippen MR) is 104 cm³/mol. The number of benzene rings is 1. The molecule has 0 saturated carbocycles. The number of nitrogens with one attached hydrogen (secondary N) is 1.